The summed E-state index contributed by atoms with van der Waals surface area (Å²) in [6, 6.07) is 8.72. The van der Waals surface area contributed by atoms with Gasteiger partial charge in [-0.25, -0.2) is 0 Å². The van der Waals surface area contributed by atoms with Crippen molar-refractivity contribution >= 4 is 5.91 Å². The van der Waals surface area contributed by atoms with E-state index in [0.717, 1.165) is 39.3 Å². The lowest BCUT2D eigenvalue weighted by Gasteiger charge is -2.29. The molecule has 4 heteroatoms. The second kappa shape index (κ2) is 24.5. The summed E-state index contributed by atoms with van der Waals surface area (Å²) < 4.78 is 0. The van der Waals surface area contributed by atoms with E-state index in [4.69, 9.17) is 0 Å². The number of nitrogens with two attached hydrogens (primary N) is 2. The molecule has 210 valence electrons. The Morgan fingerprint density at radius 2 is 1.61 bits per heavy atom. The van der Waals surface area contributed by atoms with Gasteiger partial charge in [0, 0.05) is 18.7 Å². The van der Waals surface area contributed by atoms with Crippen LogP contribution in [0.5, 0.6) is 0 Å². The predicted molar refractivity (Wildman–Crippen MR) is 163 cm³/mol. The minimum atomic E-state index is 0.238. The number of carbonyl (C=O) groups excluding carboxylic acids is 1. The lowest BCUT2D eigenvalue weighted by molar-refractivity contribution is -0.684. The smallest absolute Gasteiger partial charge is 0.232 e. The Labute approximate surface area is 234 Å². The maximum atomic E-state index is 12.8. The molecule has 3 aliphatic rings. The van der Waals surface area contributed by atoms with Gasteiger partial charge < -0.3 is 15.5 Å². The maximum Gasteiger partial charge on any atom is 0.232 e. The van der Waals surface area contributed by atoms with E-state index in [1.165, 1.54) is 62.5 Å². The van der Waals surface area contributed by atoms with E-state index in [9.17, 15) is 4.79 Å². The highest BCUT2D eigenvalue weighted by atomic mass is 16.2. The third-order valence-electron chi connectivity index (χ3n) is 6.97. The van der Waals surface area contributed by atoms with Gasteiger partial charge >= 0.3 is 0 Å². The number of hydrogen-bond acceptors (Lipinski definition) is 1. The summed E-state index contributed by atoms with van der Waals surface area (Å²) in [6.45, 7) is 12.7. The second-order valence-corrected chi connectivity index (χ2v) is 10.0. The van der Waals surface area contributed by atoms with Gasteiger partial charge in [-0.15, -0.1) is 25.7 Å². The molecule has 0 radical (unpaired) electrons. The van der Waals surface area contributed by atoms with Crippen LogP contribution in [0.2, 0.25) is 0 Å². The molecule has 4 N–H and O–H groups in total. The SMILES string of the molecule is C#C.C#C.C1=CCCC=C1.CCCCC.Cc1cccc(C[NH2+]C[C@@H]2C[NH2+]C[C@@H]2C(=O)N2CCCCC2)c1. The first kappa shape index (κ1) is 35.2. The highest BCUT2D eigenvalue weighted by Crippen LogP contribution is 2.18. The fourth-order valence-electron chi connectivity index (χ4n) is 4.96. The summed E-state index contributed by atoms with van der Waals surface area (Å²) in [7, 11) is 0. The summed E-state index contributed by atoms with van der Waals surface area (Å²) in [5.74, 6) is 1.18. The zero-order valence-corrected chi connectivity index (χ0v) is 24.5. The fourth-order valence-corrected chi connectivity index (χ4v) is 4.96. The molecule has 2 fully saturated rings. The molecule has 2 saturated heterocycles. The van der Waals surface area contributed by atoms with E-state index in [1.807, 2.05) is 0 Å². The Kier molecular flexibility index (Phi) is 22.7. The minimum Gasteiger partial charge on any atom is -0.345 e. The van der Waals surface area contributed by atoms with E-state index in [0.29, 0.717) is 11.8 Å². The van der Waals surface area contributed by atoms with Crippen LogP contribution in [-0.2, 0) is 11.3 Å². The molecule has 0 bridgehead atoms. The highest BCUT2D eigenvalue weighted by molar-refractivity contribution is 5.79. The van der Waals surface area contributed by atoms with Crippen molar-refractivity contribution in [3.05, 3.63) is 59.7 Å². The molecule has 2 heterocycles. The molecule has 0 spiro atoms. The molecule has 4 nitrogen and oxygen atoms in total. The fraction of sp³-hybridized carbons (Fsp3) is 0.559. The van der Waals surface area contributed by atoms with Crippen molar-refractivity contribution < 1.29 is 15.4 Å². The number of rotatable bonds is 7. The quantitative estimate of drug-likeness (QED) is 0.511. The topological polar surface area (TPSA) is 53.5 Å². The second-order valence-electron chi connectivity index (χ2n) is 10.0. The third-order valence-corrected chi connectivity index (χ3v) is 6.97. The number of carbonyl (C=O) groups is 1. The number of nitrogens with zero attached hydrogens (tertiary/aromatic N) is 1. The van der Waals surface area contributed by atoms with Crippen LogP contribution in [0.15, 0.2) is 48.6 Å². The van der Waals surface area contributed by atoms with Crippen LogP contribution in [0.25, 0.3) is 0 Å². The Balaban J connectivity index is 0.000000751. The van der Waals surface area contributed by atoms with Gasteiger partial charge in [-0.3, -0.25) is 4.79 Å². The molecule has 1 amide bonds. The molecular weight excluding hydrogens is 466 g/mol. The monoisotopic (exact) mass is 521 g/mol. The van der Waals surface area contributed by atoms with Gasteiger partial charge in [0.1, 0.15) is 12.5 Å². The Morgan fingerprint density at radius 1 is 0.974 bits per heavy atom. The van der Waals surface area contributed by atoms with Gasteiger partial charge in [0.05, 0.1) is 25.6 Å². The number of quaternary nitrogens is 2. The van der Waals surface area contributed by atoms with Crippen molar-refractivity contribution in [1.29, 1.82) is 0 Å². The first-order valence-electron chi connectivity index (χ1n) is 14.6. The number of hydrogen-bond donors (Lipinski definition) is 2. The van der Waals surface area contributed by atoms with Gasteiger partial charge in [-0.1, -0.05) is 87.2 Å². The van der Waals surface area contributed by atoms with Crippen molar-refractivity contribution in [2.75, 3.05) is 32.7 Å². The van der Waals surface area contributed by atoms with Crippen molar-refractivity contribution in [3.8, 4) is 25.7 Å². The Morgan fingerprint density at radius 3 is 2.11 bits per heavy atom. The summed E-state index contributed by atoms with van der Waals surface area (Å²) in [5.41, 5.74) is 2.70. The van der Waals surface area contributed by atoms with E-state index in [-0.39, 0.29) is 5.92 Å². The first-order chi connectivity index (χ1) is 18.7. The Hall–Kier alpha value is -2.79. The van der Waals surface area contributed by atoms with Crippen molar-refractivity contribution in [3.63, 3.8) is 0 Å². The molecule has 0 saturated carbocycles. The first-order valence-corrected chi connectivity index (χ1v) is 14.6. The number of aryl methyl sites for hydroxylation is 1. The number of terminal acetylenes is 2. The van der Waals surface area contributed by atoms with E-state index < -0.39 is 0 Å². The number of piperidine rings is 1. The lowest BCUT2D eigenvalue weighted by atomic mass is 9.93. The molecule has 38 heavy (non-hydrogen) atoms. The highest BCUT2D eigenvalue weighted by Gasteiger charge is 2.39. The van der Waals surface area contributed by atoms with Crippen LogP contribution in [0.3, 0.4) is 0 Å². The van der Waals surface area contributed by atoms with Crippen molar-refractivity contribution in [2.45, 2.75) is 78.7 Å². The number of allylic oxidation sites excluding steroid dienone is 4. The van der Waals surface area contributed by atoms with Crippen LogP contribution in [-0.4, -0.2) is 43.5 Å². The van der Waals surface area contributed by atoms with E-state index in [2.05, 4.69) is 111 Å². The average molecular weight is 522 g/mol. The van der Waals surface area contributed by atoms with Crippen LogP contribution in [0.4, 0.5) is 0 Å². The van der Waals surface area contributed by atoms with Gasteiger partial charge in [0.15, 0.2) is 0 Å². The van der Waals surface area contributed by atoms with E-state index in [1.54, 1.807) is 0 Å². The van der Waals surface area contributed by atoms with Gasteiger partial charge in [0.2, 0.25) is 5.91 Å². The number of unbranched alkanes of at least 4 members (excludes halogenated alkanes) is 2. The van der Waals surface area contributed by atoms with Crippen LogP contribution in [0.1, 0.15) is 76.3 Å². The van der Waals surface area contributed by atoms with Crippen LogP contribution < -0.4 is 10.6 Å². The van der Waals surface area contributed by atoms with Gasteiger partial charge in [-0.2, -0.15) is 0 Å². The zero-order valence-electron chi connectivity index (χ0n) is 24.5. The molecular formula is C34H55N3O+2. The van der Waals surface area contributed by atoms with Crippen LogP contribution in [0, 0.1) is 44.5 Å². The molecule has 1 aliphatic carbocycles. The third kappa shape index (κ3) is 15.5. The maximum absolute atomic E-state index is 12.8. The normalized spacial score (nSPS) is 19.2. The number of benzene rings is 1. The van der Waals surface area contributed by atoms with Gasteiger partial charge in [0.25, 0.3) is 0 Å². The lowest BCUT2D eigenvalue weighted by Crippen LogP contribution is -2.86. The molecule has 2 aliphatic heterocycles. The molecule has 0 aromatic heterocycles. The molecule has 4 rings (SSSR count). The van der Waals surface area contributed by atoms with Gasteiger partial charge in [-0.05, 0) is 39.0 Å². The summed E-state index contributed by atoms with van der Waals surface area (Å²) >= 11 is 0. The molecule has 0 unspecified atom stereocenters. The van der Waals surface area contributed by atoms with E-state index >= 15 is 0 Å². The molecule has 1 aromatic rings. The molecule has 1 aromatic carbocycles. The molecule has 2 atom stereocenters. The predicted octanol–water partition coefficient (Wildman–Crippen LogP) is 4.47. The summed E-state index contributed by atoms with van der Waals surface area (Å²) in [6.07, 6.45) is 34.7. The number of amides is 1. The summed E-state index contributed by atoms with van der Waals surface area (Å²) in [4.78, 5) is 14.9. The number of likely N-dealkylation sites (tertiary alicyclic amines) is 1. The average Bonchev–Trinajstić information content (AvgIpc) is 3.46. The van der Waals surface area contributed by atoms with Crippen LogP contribution >= 0.6 is 0 Å². The Bertz CT molecular complexity index is 797. The largest absolute Gasteiger partial charge is 0.345 e. The minimum absolute atomic E-state index is 0.238. The zero-order chi connectivity index (χ0) is 28.4. The van der Waals surface area contributed by atoms with Crippen molar-refractivity contribution in [2.24, 2.45) is 11.8 Å². The van der Waals surface area contributed by atoms with Crippen molar-refractivity contribution in [1.82, 2.24) is 4.90 Å². The summed E-state index contributed by atoms with van der Waals surface area (Å²) in [5, 5.41) is 4.72. The standard InChI is InChI=1S/C19H29N3O.C6H8.C5H12.2C2H2/c1-15-6-5-7-16(10-15)11-20-12-17-13-21-14-18(17)19(23)22-8-3-2-4-9-22;1-2-4-6-5-3-1;1-3-5-4-2;2*1-2/h5-7,10,17-18,20-21H,2-4,8-9,11-14H2,1H3;1-4H,5-6H2;3-5H2,1-2H3;2*1-2H/p+2/t17-,18+;;;;/m1..../s1.